The predicted octanol–water partition coefficient (Wildman–Crippen LogP) is 2.64. The zero-order chi connectivity index (χ0) is 18.6. The maximum absolute atomic E-state index is 12.6. The van der Waals surface area contributed by atoms with Gasteiger partial charge < -0.3 is 0 Å². The molecule has 1 saturated heterocycles. The lowest BCUT2D eigenvalue weighted by Crippen LogP contribution is -2.29. The molecule has 0 unspecified atom stereocenters. The van der Waals surface area contributed by atoms with Crippen LogP contribution in [0.15, 0.2) is 45.7 Å². The monoisotopic (exact) mass is 398 g/mol. The molecule has 0 radical (unpaired) electrons. The molecule has 8 heteroatoms. The standard InChI is InChI=1S/C18H26N2O4S2/c21-25(22,19-12-11-16-7-2-1-3-8-16)17-9-6-10-18(15-17)26(23,24)20-13-4-5-14-20/h6-7,9-10,15,19H,1-5,8,11-14H2. The van der Waals surface area contributed by atoms with E-state index in [2.05, 4.69) is 10.8 Å². The average molecular weight is 399 g/mol. The van der Waals surface area contributed by atoms with Crippen LogP contribution in [0.1, 0.15) is 44.9 Å². The Morgan fingerprint density at radius 1 is 0.962 bits per heavy atom. The van der Waals surface area contributed by atoms with Crippen LogP contribution in [0, 0.1) is 0 Å². The Labute approximate surface area is 156 Å². The van der Waals surface area contributed by atoms with Gasteiger partial charge >= 0.3 is 0 Å². The van der Waals surface area contributed by atoms with E-state index in [1.807, 2.05) is 0 Å². The topological polar surface area (TPSA) is 83.5 Å². The van der Waals surface area contributed by atoms with Gasteiger partial charge in [-0.3, -0.25) is 0 Å². The van der Waals surface area contributed by atoms with E-state index in [0.29, 0.717) is 26.1 Å². The third kappa shape index (κ3) is 4.54. The second kappa shape index (κ2) is 8.21. The molecule has 2 aliphatic rings. The lowest BCUT2D eigenvalue weighted by Gasteiger charge is -2.16. The van der Waals surface area contributed by atoms with Crippen molar-refractivity contribution < 1.29 is 16.8 Å². The normalized spacial score (nSPS) is 19.5. The molecule has 0 saturated carbocycles. The molecule has 6 nitrogen and oxygen atoms in total. The number of allylic oxidation sites excluding steroid dienone is 1. The summed E-state index contributed by atoms with van der Waals surface area (Å²) in [5, 5.41) is 0. The van der Waals surface area contributed by atoms with Crippen LogP contribution in [0.4, 0.5) is 0 Å². The first-order valence-electron chi connectivity index (χ1n) is 9.17. The molecule has 1 aliphatic heterocycles. The summed E-state index contributed by atoms with van der Waals surface area (Å²) >= 11 is 0. The summed E-state index contributed by atoms with van der Waals surface area (Å²) in [5.41, 5.74) is 1.30. The predicted molar refractivity (Wildman–Crippen MR) is 101 cm³/mol. The van der Waals surface area contributed by atoms with E-state index in [0.717, 1.165) is 32.1 Å². The molecule has 1 aromatic carbocycles. The van der Waals surface area contributed by atoms with Crippen LogP contribution in [0.2, 0.25) is 0 Å². The number of sulfonamides is 2. The molecule has 1 aliphatic carbocycles. The summed E-state index contributed by atoms with van der Waals surface area (Å²) in [4.78, 5) is 0.0349. The smallest absolute Gasteiger partial charge is 0.211 e. The van der Waals surface area contributed by atoms with Gasteiger partial charge in [0.25, 0.3) is 0 Å². The minimum absolute atomic E-state index is 0.00426. The minimum Gasteiger partial charge on any atom is -0.211 e. The van der Waals surface area contributed by atoms with Gasteiger partial charge in [-0.1, -0.05) is 17.7 Å². The molecule has 1 aromatic rings. The van der Waals surface area contributed by atoms with Crippen molar-refractivity contribution in [3.8, 4) is 0 Å². The van der Waals surface area contributed by atoms with E-state index in [1.54, 1.807) is 0 Å². The van der Waals surface area contributed by atoms with Gasteiger partial charge in [0.1, 0.15) is 0 Å². The second-order valence-corrected chi connectivity index (χ2v) is 10.5. The fourth-order valence-electron chi connectivity index (χ4n) is 3.44. The molecular weight excluding hydrogens is 372 g/mol. The van der Waals surface area contributed by atoms with Gasteiger partial charge in [-0.25, -0.2) is 21.6 Å². The number of rotatable bonds is 7. The Morgan fingerprint density at radius 3 is 2.38 bits per heavy atom. The Morgan fingerprint density at radius 2 is 1.69 bits per heavy atom. The van der Waals surface area contributed by atoms with Crippen LogP contribution in [-0.2, 0) is 20.0 Å². The summed E-state index contributed by atoms with van der Waals surface area (Å²) in [6.07, 6.45) is 9.04. The fraction of sp³-hybridized carbons (Fsp3) is 0.556. The SMILES string of the molecule is O=S(=O)(NCCC1=CCCCC1)c1cccc(S(=O)(=O)N2CCCC2)c1. The van der Waals surface area contributed by atoms with Crippen LogP contribution >= 0.6 is 0 Å². The molecule has 26 heavy (non-hydrogen) atoms. The van der Waals surface area contributed by atoms with E-state index < -0.39 is 20.0 Å². The third-order valence-electron chi connectivity index (χ3n) is 4.94. The van der Waals surface area contributed by atoms with E-state index in [-0.39, 0.29) is 9.79 Å². The quantitative estimate of drug-likeness (QED) is 0.716. The highest BCUT2D eigenvalue weighted by atomic mass is 32.2. The Kier molecular flexibility index (Phi) is 6.17. The Balaban J connectivity index is 1.70. The largest absolute Gasteiger partial charge is 0.243 e. The summed E-state index contributed by atoms with van der Waals surface area (Å²) in [5.74, 6) is 0. The van der Waals surface area contributed by atoms with Gasteiger partial charge in [-0.15, -0.1) is 0 Å². The van der Waals surface area contributed by atoms with Crippen LogP contribution in [0.5, 0.6) is 0 Å². The number of nitrogens with one attached hydrogen (secondary N) is 1. The van der Waals surface area contributed by atoms with Gasteiger partial charge in [0.15, 0.2) is 0 Å². The van der Waals surface area contributed by atoms with Gasteiger partial charge in [-0.2, -0.15) is 4.31 Å². The van der Waals surface area contributed by atoms with E-state index >= 15 is 0 Å². The zero-order valence-electron chi connectivity index (χ0n) is 14.9. The maximum atomic E-state index is 12.6. The van der Waals surface area contributed by atoms with Gasteiger partial charge in [0, 0.05) is 19.6 Å². The Hall–Kier alpha value is -1.22. The van der Waals surface area contributed by atoms with Gasteiger partial charge in [-0.05, 0) is 63.1 Å². The molecule has 144 valence electrons. The lowest BCUT2D eigenvalue weighted by molar-refractivity contribution is 0.477. The fourth-order valence-corrected chi connectivity index (χ4v) is 6.16. The highest BCUT2D eigenvalue weighted by Crippen LogP contribution is 2.23. The summed E-state index contributed by atoms with van der Waals surface area (Å²) in [6, 6.07) is 5.64. The van der Waals surface area contributed by atoms with Gasteiger partial charge in [0.05, 0.1) is 9.79 Å². The number of hydrogen-bond acceptors (Lipinski definition) is 4. The van der Waals surface area contributed by atoms with Crippen molar-refractivity contribution in [2.45, 2.75) is 54.7 Å². The minimum atomic E-state index is -3.73. The van der Waals surface area contributed by atoms with Crippen LogP contribution in [0.3, 0.4) is 0 Å². The van der Waals surface area contributed by atoms with Crippen molar-refractivity contribution in [1.29, 1.82) is 0 Å². The van der Waals surface area contributed by atoms with Crippen molar-refractivity contribution in [1.82, 2.24) is 9.03 Å². The van der Waals surface area contributed by atoms with Crippen LogP contribution < -0.4 is 4.72 Å². The molecule has 0 aromatic heterocycles. The molecule has 0 amide bonds. The molecule has 0 atom stereocenters. The highest BCUT2D eigenvalue weighted by Gasteiger charge is 2.28. The second-order valence-electron chi connectivity index (χ2n) is 6.84. The summed E-state index contributed by atoms with van der Waals surface area (Å²) in [7, 11) is -7.35. The summed E-state index contributed by atoms with van der Waals surface area (Å²) < 4.78 is 54.4. The Bertz CT molecular complexity index is 870. The van der Waals surface area contributed by atoms with Gasteiger partial charge in [0.2, 0.25) is 20.0 Å². The van der Waals surface area contributed by atoms with E-state index in [4.69, 9.17) is 0 Å². The zero-order valence-corrected chi connectivity index (χ0v) is 16.5. The molecule has 1 N–H and O–H groups in total. The first kappa shape index (κ1) is 19.5. The molecule has 3 rings (SSSR count). The summed E-state index contributed by atoms with van der Waals surface area (Å²) in [6.45, 7) is 1.32. The van der Waals surface area contributed by atoms with Crippen LogP contribution in [0.25, 0.3) is 0 Å². The average Bonchev–Trinajstić information content (AvgIpc) is 3.18. The molecule has 0 spiro atoms. The third-order valence-corrected chi connectivity index (χ3v) is 8.30. The van der Waals surface area contributed by atoms with E-state index in [1.165, 1.54) is 40.6 Å². The maximum Gasteiger partial charge on any atom is 0.243 e. The van der Waals surface area contributed by atoms with Crippen molar-refractivity contribution in [2.75, 3.05) is 19.6 Å². The lowest BCUT2D eigenvalue weighted by atomic mass is 9.97. The highest BCUT2D eigenvalue weighted by molar-refractivity contribution is 7.90. The van der Waals surface area contributed by atoms with Crippen molar-refractivity contribution in [2.24, 2.45) is 0 Å². The number of benzene rings is 1. The molecule has 1 fully saturated rings. The number of hydrogen-bond donors (Lipinski definition) is 1. The number of nitrogens with zero attached hydrogens (tertiary/aromatic N) is 1. The molecular formula is C18H26N2O4S2. The molecule has 0 bridgehead atoms. The van der Waals surface area contributed by atoms with Crippen molar-refractivity contribution in [3.63, 3.8) is 0 Å². The van der Waals surface area contributed by atoms with Crippen molar-refractivity contribution >= 4 is 20.0 Å². The first-order chi connectivity index (χ1) is 12.4. The van der Waals surface area contributed by atoms with Crippen LogP contribution in [-0.4, -0.2) is 40.8 Å². The van der Waals surface area contributed by atoms with Crippen molar-refractivity contribution in [3.05, 3.63) is 35.9 Å². The first-order valence-corrected chi connectivity index (χ1v) is 12.1. The van der Waals surface area contributed by atoms with E-state index in [9.17, 15) is 16.8 Å². The molecule has 1 heterocycles.